The van der Waals surface area contributed by atoms with Gasteiger partial charge in [0.2, 0.25) is 5.91 Å². The largest absolute Gasteiger partial charge is 0.392 e. The number of aromatic nitrogens is 2. The van der Waals surface area contributed by atoms with Crippen LogP contribution in [0.5, 0.6) is 0 Å². The van der Waals surface area contributed by atoms with Gasteiger partial charge in [0.05, 0.1) is 23.2 Å². The van der Waals surface area contributed by atoms with Crippen molar-refractivity contribution in [3.8, 4) is 0 Å². The van der Waals surface area contributed by atoms with Crippen molar-refractivity contribution < 1.29 is 9.90 Å². The van der Waals surface area contributed by atoms with Crippen LogP contribution in [0.25, 0.3) is 11.0 Å². The third-order valence-electron chi connectivity index (χ3n) is 3.90. The van der Waals surface area contributed by atoms with Gasteiger partial charge in [-0.2, -0.15) is 0 Å². The summed E-state index contributed by atoms with van der Waals surface area (Å²) in [5, 5.41) is 15.3. The molecule has 1 aliphatic heterocycles. The number of β-amino-alcohol motifs (C(OH)–C–C–N with tert-alkyl or cyclic N) is 1. The van der Waals surface area contributed by atoms with E-state index in [2.05, 4.69) is 20.2 Å². The van der Waals surface area contributed by atoms with Crippen molar-refractivity contribution in [2.45, 2.75) is 32.0 Å². The summed E-state index contributed by atoms with van der Waals surface area (Å²) >= 11 is 0. The van der Waals surface area contributed by atoms with E-state index in [1.165, 1.54) is 0 Å². The number of para-hydroxylation sites is 2. The summed E-state index contributed by atoms with van der Waals surface area (Å²) in [5.41, 5.74) is 2.06. The molecule has 112 valence electrons. The standard InChI is InChI=1S/C15H20N4O2/c1-10-18-12-4-2-3-5-14(12)19(10)7-6-16-15(21)13-8-11(20)9-17-13/h2-5,11,13,17,20H,6-9H2,1H3,(H,16,21)/t11-,13-/m1/s1. The maximum Gasteiger partial charge on any atom is 0.237 e. The van der Waals surface area contributed by atoms with Gasteiger partial charge in [-0.3, -0.25) is 4.79 Å². The van der Waals surface area contributed by atoms with Crippen LogP contribution in [0.2, 0.25) is 0 Å². The van der Waals surface area contributed by atoms with E-state index in [1.807, 2.05) is 31.2 Å². The third kappa shape index (κ3) is 2.91. The molecule has 0 bridgehead atoms. The van der Waals surface area contributed by atoms with Crippen molar-refractivity contribution in [1.82, 2.24) is 20.2 Å². The van der Waals surface area contributed by atoms with Crippen LogP contribution in [-0.4, -0.2) is 45.8 Å². The molecule has 1 saturated heterocycles. The Kier molecular flexibility index (Phi) is 3.90. The summed E-state index contributed by atoms with van der Waals surface area (Å²) in [6.45, 7) is 3.70. The molecule has 0 radical (unpaired) electrons. The summed E-state index contributed by atoms with van der Waals surface area (Å²) in [5.74, 6) is 0.897. The first-order valence-electron chi connectivity index (χ1n) is 7.26. The molecule has 2 aromatic rings. The fourth-order valence-electron chi connectivity index (χ4n) is 2.81. The summed E-state index contributed by atoms with van der Waals surface area (Å²) in [6, 6.07) is 7.70. The normalized spacial score (nSPS) is 21.8. The molecule has 0 unspecified atom stereocenters. The molecule has 3 rings (SSSR count). The van der Waals surface area contributed by atoms with E-state index in [9.17, 15) is 9.90 Å². The molecule has 0 aliphatic carbocycles. The van der Waals surface area contributed by atoms with Crippen molar-refractivity contribution in [3.63, 3.8) is 0 Å². The number of imidazole rings is 1. The van der Waals surface area contributed by atoms with Crippen molar-refractivity contribution in [2.24, 2.45) is 0 Å². The molecular formula is C15H20N4O2. The van der Waals surface area contributed by atoms with E-state index < -0.39 is 6.10 Å². The number of amides is 1. The van der Waals surface area contributed by atoms with E-state index >= 15 is 0 Å². The fourth-order valence-corrected chi connectivity index (χ4v) is 2.81. The monoisotopic (exact) mass is 288 g/mol. The molecule has 1 aromatic carbocycles. The third-order valence-corrected chi connectivity index (χ3v) is 3.90. The number of nitrogens with zero attached hydrogens (tertiary/aromatic N) is 2. The predicted molar refractivity (Wildman–Crippen MR) is 79.9 cm³/mol. The van der Waals surface area contributed by atoms with Crippen LogP contribution < -0.4 is 10.6 Å². The van der Waals surface area contributed by atoms with Gasteiger partial charge in [0.15, 0.2) is 0 Å². The summed E-state index contributed by atoms with van der Waals surface area (Å²) in [7, 11) is 0. The Bertz CT molecular complexity index is 652. The van der Waals surface area contributed by atoms with Crippen LogP contribution in [0.4, 0.5) is 0 Å². The molecule has 1 amide bonds. The van der Waals surface area contributed by atoms with Crippen LogP contribution in [-0.2, 0) is 11.3 Å². The number of carbonyl (C=O) groups is 1. The topological polar surface area (TPSA) is 79.2 Å². The molecule has 1 fully saturated rings. The maximum atomic E-state index is 12.0. The zero-order valence-corrected chi connectivity index (χ0v) is 12.0. The molecule has 2 atom stereocenters. The molecule has 21 heavy (non-hydrogen) atoms. The summed E-state index contributed by atoms with van der Waals surface area (Å²) < 4.78 is 2.10. The van der Waals surface area contributed by atoms with Gasteiger partial charge >= 0.3 is 0 Å². The predicted octanol–water partition coefficient (Wildman–Crippen LogP) is 0.184. The molecule has 2 heterocycles. The van der Waals surface area contributed by atoms with Crippen molar-refractivity contribution >= 4 is 16.9 Å². The van der Waals surface area contributed by atoms with Crippen LogP contribution in [0.15, 0.2) is 24.3 Å². The van der Waals surface area contributed by atoms with Crippen molar-refractivity contribution in [2.75, 3.05) is 13.1 Å². The number of carbonyl (C=O) groups excluding carboxylic acids is 1. The minimum atomic E-state index is -0.416. The molecule has 1 aromatic heterocycles. The average molecular weight is 288 g/mol. The van der Waals surface area contributed by atoms with Crippen LogP contribution in [0.1, 0.15) is 12.2 Å². The van der Waals surface area contributed by atoms with Gasteiger partial charge < -0.3 is 20.3 Å². The van der Waals surface area contributed by atoms with Gasteiger partial charge in [-0.25, -0.2) is 4.98 Å². The minimum Gasteiger partial charge on any atom is -0.392 e. The smallest absolute Gasteiger partial charge is 0.237 e. The summed E-state index contributed by atoms with van der Waals surface area (Å²) in [6.07, 6.45) is 0.0689. The highest BCUT2D eigenvalue weighted by Crippen LogP contribution is 2.14. The molecule has 3 N–H and O–H groups in total. The Labute approximate surface area is 123 Å². The average Bonchev–Trinajstić information content (AvgIpc) is 3.03. The van der Waals surface area contributed by atoms with E-state index in [-0.39, 0.29) is 11.9 Å². The molecule has 0 spiro atoms. The van der Waals surface area contributed by atoms with Gasteiger partial charge in [-0.15, -0.1) is 0 Å². The van der Waals surface area contributed by atoms with E-state index in [4.69, 9.17) is 0 Å². The lowest BCUT2D eigenvalue weighted by molar-refractivity contribution is -0.122. The van der Waals surface area contributed by atoms with Crippen LogP contribution in [0, 0.1) is 6.92 Å². The van der Waals surface area contributed by atoms with E-state index in [0.29, 0.717) is 26.1 Å². The molecule has 0 saturated carbocycles. The number of aryl methyl sites for hydroxylation is 1. The lowest BCUT2D eigenvalue weighted by Gasteiger charge is -2.12. The first-order chi connectivity index (χ1) is 10.1. The van der Waals surface area contributed by atoms with E-state index in [0.717, 1.165) is 16.9 Å². The zero-order chi connectivity index (χ0) is 14.8. The van der Waals surface area contributed by atoms with Crippen LogP contribution in [0.3, 0.4) is 0 Å². The fraction of sp³-hybridized carbons (Fsp3) is 0.467. The number of hydrogen-bond donors (Lipinski definition) is 3. The van der Waals surface area contributed by atoms with Gasteiger partial charge in [0, 0.05) is 19.6 Å². The number of fused-ring (bicyclic) bond motifs is 1. The Balaban J connectivity index is 1.59. The second-order valence-electron chi connectivity index (χ2n) is 5.44. The van der Waals surface area contributed by atoms with Gasteiger partial charge in [-0.05, 0) is 25.5 Å². The number of benzene rings is 1. The highest BCUT2D eigenvalue weighted by Gasteiger charge is 2.27. The highest BCUT2D eigenvalue weighted by molar-refractivity contribution is 5.82. The molecule has 6 heteroatoms. The zero-order valence-electron chi connectivity index (χ0n) is 12.0. The first-order valence-corrected chi connectivity index (χ1v) is 7.26. The number of aliphatic hydroxyl groups is 1. The minimum absolute atomic E-state index is 0.0476. The SMILES string of the molecule is Cc1nc2ccccc2n1CCNC(=O)[C@H]1C[C@@H](O)CN1. The lowest BCUT2D eigenvalue weighted by Crippen LogP contribution is -2.41. The maximum absolute atomic E-state index is 12.0. The highest BCUT2D eigenvalue weighted by atomic mass is 16.3. The first kappa shape index (κ1) is 14.0. The lowest BCUT2D eigenvalue weighted by atomic mass is 10.2. The number of aliphatic hydroxyl groups excluding tert-OH is 1. The summed E-state index contributed by atoms with van der Waals surface area (Å²) in [4.78, 5) is 16.5. The second-order valence-corrected chi connectivity index (χ2v) is 5.44. The van der Waals surface area contributed by atoms with Crippen molar-refractivity contribution in [3.05, 3.63) is 30.1 Å². The van der Waals surface area contributed by atoms with E-state index in [1.54, 1.807) is 0 Å². The van der Waals surface area contributed by atoms with Gasteiger partial charge in [0.25, 0.3) is 0 Å². The Morgan fingerprint density at radius 1 is 1.52 bits per heavy atom. The van der Waals surface area contributed by atoms with Gasteiger partial charge in [-0.1, -0.05) is 12.1 Å². The number of nitrogens with one attached hydrogen (secondary N) is 2. The molecular weight excluding hydrogens is 268 g/mol. The van der Waals surface area contributed by atoms with Gasteiger partial charge in [0.1, 0.15) is 5.82 Å². The Morgan fingerprint density at radius 2 is 2.33 bits per heavy atom. The van der Waals surface area contributed by atoms with Crippen LogP contribution >= 0.6 is 0 Å². The number of hydrogen-bond acceptors (Lipinski definition) is 4. The molecule has 1 aliphatic rings. The molecule has 6 nitrogen and oxygen atoms in total. The quantitative estimate of drug-likeness (QED) is 0.750. The second kappa shape index (κ2) is 5.83. The Hall–Kier alpha value is -1.92. The van der Waals surface area contributed by atoms with Crippen molar-refractivity contribution in [1.29, 1.82) is 0 Å². The Morgan fingerprint density at radius 3 is 3.10 bits per heavy atom. The number of rotatable bonds is 4.